The Balaban J connectivity index is 2.33. The average molecular weight is 235 g/mol. The maximum absolute atomic E-state index is 10.2. The lowest BCUT2D eigenvalue weighted by Gasteiger charge is -2.17. The molecule has 0 radical (unpaired) electrons. The van der Waals surface area contributed by atoms with Crippen molar-refractivity contribution in [2.45, 2.75) is 39.2 Å². The van der Waals surface area contributed by atoms with Crippen LogP contribution in [0.5, 0.6) is 11.5 Å². The Morgan fingerprint density at radius 1 is 1.47 bits per heavy atom. The zero-order chi connectivity index (χ0) is 12.4. The van der Waals surface area contributed by atoms with Gasteiger partial charge >= 0.3 is 0 Å². The van der Waals surface area contributed by atoms with Gasteiger partial charge < -0.3 is 15.2 Å². The fourth-order valence-electron chi connectivity index (χ4n) is 2.52. The number of ether oxygens (including phenoxy) is 1. The first-order valence-corrected chi connectivity index (χ1v) is 6.23. The zero-order valence-corrected chi connectivity index (χ0v) is 10.8. The molecule has 0 saturated carbocycles. The van der Waals surface area contributed by atoms with Gasteiger partial charge in [0.15, 0.2) is 11.5 Å². The van der Waals surface area contributed by atoms with Gasteiger partial charge in [-0.25, -0.2) is 0 Å². The average Bonchev–Trinajstić information content (AvgIpc) is 2.82. The van der Waals surface area contributed by atoms with Gasteiger partial charge in [-0.1, -0.05) is 0 Å². The quantitative estimate of drug-likeness (QED) is 0.844. The Bertz CT molecular complexity index is 409. The van der Waals surface area contributed by atoms with E-state index in [1.165, 1.54) is 24.0 Å². The molecule has 1 aromatic rings. The van der Waals surface area contributed by atoms with Crippen molar-refractivity contribution in [3.05, 3.63) is 22.8 Å². The predicted molar refractivity (Wildman–Crippen MR) is 68.9 cm³/mol. The summed E-state index contributed by atoms with van der Waals surface area (Å²) in [6, 6.07) is 2.39. The van der Waals surface area contributed by atoms with Gasteiger partial charge in [-0.15, -0.1) is 0 Å². The summed E-state index contributed by atoms with van der Waals surface area (Å²) >= 11 is 0. The molecule has 17 heavy (non-hydrogen) atoms. The highest BCUT2D eigenvalue weighted by molar-refractivity contribution is 5.53. The second-order valence-electron chi connectivity index (χ2n) is 4.85. The molecule has 1 saturated heterocycles. The standard InChI is InChI=1S/C14H21NO2/c1-9-7-13(17-3)14(16)12(10(9)2)8-11-5-4-6-15-11/h7,11,15-16H,4-6,8H2,1-3H3. The number of benzene rings is 1. The van der Waals surface area contributed by atoms with Crippen molar-refractivity contribution in [1.82, 2.24) is 5.32 Å². The molecule has 0 spiro atoms. The first-order valence-electron chi connectivity index (χ1n) is 6.23. The van der Waals surface area contributed by atoms with E-state index in [0.29, 0.717) is 17.5 Å². The Labute approximate surface area is 103 Å². The van der Waals surface area contributed by atoms with E-state index in [4.69, 9.17) is 4.74 Å². The number of aromatic hydroxyl groups is 1. The Morgan fingerprint density at radius 3 is 2.82 bits per heavy atom. The first-order chi connectivity index (χ1) is 8.13. The van der Waals surface area contributed by atoms with Crippen LogP contribution < -0.4 is 10.1 Å². The minimum atomic E-state index is 0.310. The summed E-state index contributed by atoms with van der Waals surface area (Å²) in [4.78, 5) is 0. The summed E-state index contributed by atoms with van der Waals surface area (Å²) < 4.78 is 5.22. The summed E-state index contributed by atoms with van der Waals surface area (Å²) in [5.41, 5.74) is 3.38. The maximum Gasteiger partial charge on any atom is 0.161 e. The molecule has 0 bridgehead atoms. The van der Waals surface area contributed by atoms with Gasteiger partial charge in [-0.3, -0.25) is 0 Å². The van der Waals surface area contributed by atoms with E-state index >= 15 is 0 Å². The SMILES string of the molecule is COc1cc(C)c(C)c(CC2CCCN2)c1O. The topological polar surface area (TPSA) is 41.5 Å². The van der Waals surface area contributed by atoms with Gasteiger partial charge in [0.25, 0.3) is 0 Å². The third kappa shape index (κ3) is 2.39. The van der Waals surface area contributed by atoms with Crippen LogP contribution in [0.4, 0.5) is 0 Å². The van der Waals surface area contributed by atoms with Crippen LogP contribution in [0.15, 0.2) is 6.07 Å². The van der Waals surface area contributed by atoms with Gasteiger partial charge in [0, 0.05) is 11.6 Å². The second-order valence-corrected chi connectivity index (χ2v) is 4.85. The van der Waals surface area contributed by atoms with Crippen LogP contribution >= 0.6 is 0 Å². The number of phenols is 1. The second kappa shape index (κ2) is 4.96. The highest BCUT2D eigenvalue weighted by Gasteiger charge is 2.20. The smallest absolute Gasteiger partial charge is 0.161 e. The van der Waals surface area contributed by atoms with E-state index in [-0.39, 0.29) is 0 Å². The number of aryl methyl sites for hydroxylation is 1. The van der Waals surface area contributed by atoms with Crippen molar-refractivity contribution in [1.29, 1.82) is 0 Å². The molecule has 1 fully saturated rings. The predicted octanol–water partition coefficient (Wildman–Crippen LogP) is 2.31. The van der Waals surface area contributed by atoms with Crippen LogP contribution in [0.1, 0.15) is 29.5 Å². The lowest BCUT2D eigenvalue weighted by Crippen LogP contribution is -2.24. The number of nitrogens with one attached hydrogen (secondary N) is 1. The van der Waals surface area contributed by atoms with Gasteiger partial charge in [-0.05, 0) is 56.8 Å². The molecule has 2 N–H and O–H groups in total. The molecule has 0 aliphatic carbocycles. The lowest BCUT2D eigenvalue weighted by molar-refractivity contribution is 0.368. The highest BCUT2D eigenvalue weighted by atomic mass is 16.5. The summed E-state index contributed by atoms with van der Waals surface area (Å²) in [5, 5.41) is 13.7. The number of phenolic OH excluding ortho intramolecular Hbond substituents is 1. The van der Waals surface area contributed by atoms with Gasteiger partial charge in [0.05, 0.1) is 7.11 Å². The molecule has 1 aliphatic rings. The van der Waals surface area contributed by atoms with Gasteiger partial charge in [-0.2, -0.15) is 0 Å². The minimum absolute atomic E-state index is 0.310. The monoisotopic (exact) mass is 235 g/mol. The molecule has 1 unspecified atom stereocenters. The van der Waals surface area contributed by atoms with Crippen LogP contribution in [-0.2, 0) is 6.42 Å². The Morgan fingerprint density at radius 2 is 2.24 bits per heavy atom. The minimum Gasteiger partial charge on any atom is -0.504 e. The third-order valence-corrected chi connectivity index (χ3v) is 3.74. The number of hydrogen-bond donors (Lipinski definition) is 2. The highest BCUT2D eigenvalue weighted by Crippen LogP contribution is 2.35. The molecule has 3 heteroatoms. The molecule has 2 rings (SSSR count). The maximum atomic E-state index is 10.2. The van der Waals surface area contributed by atoms with Crippen LogP contribution in [0.2, 0.25) is 0 Å². The summed E-state index contributed by atoms with van der Waals surface area (Å²) in [7, 11) is 1.60. The van der Waals surface area contributed by atoms with E-state index in [9.17, 15) is 5.11 Å². The number of hydrogen-bond acceptors (Lipinski definition) is 3. The van der Waals surface area contributed by atoms with Crippen molar-refractivity contribution in [3.63, 3.8) is 0 Å². The van der Waals surface area contributed by atoms with Crippen molar-refractivity contribution < 1.29 is 9.84 Å². The van der Waals surface area contributed by atoms with Crippen molar-refractivity contribution in [2.24, 2.45) is 0 Å². The fourth-order valence-corrected chi connectivity index (χ4v) is 2.52. The van der Waals surface area contributed by atoms with Crippen LogP contribution in [0, 0.1) is 13.8 Å². The van der Waals surface area contributed by atoms with Crippen molar-refractivity contribution in [3.8, 4) is 11.5 Å². The summed E-state index contributed by atoms with van der Waals surface area (Å²) in [6.07, 6.45) is 3.30. The molecule has 1 heterocycles. The molecular formula is C14H21NO2. The largest absolute Gasteiger partial charge is 0.504 e. The molecule has 0 aromatic heterocycles. The molecule has 3 nitrogen and oxygen atoms in total. The van der Waals surface area contributed by atoms with Crippen LogP contribution in [-0.4, -0.2) is 24.8 Å². The van der Waals surface area contributed by atoms with E-state index in [0.717, 1.165) is 18.5 Å². The third-order valence-electron chi connectivity index (χ3n) is 3.74. The van der Waals surface area contributed by atoms with Gasteiger partial charge in [0.1, 0.15) is 0 Å². The number of rotatable bonds is 3. The van der Waals surface area contributed by atoms with E-state index in [1.54, 1.807) is 7.11 Å². The fraction of sp³-hybridized carbons (Fsp3) is 0.571. The zero-order valence-electron chi connectivity index (χ0n) is 10.8. The molecule has 1 atom stereocenters. The van der Waals surface area contributed by atoms with E-state index < -0.39 is 0 Å². The molecule has 1 aliphatic heterocycles. The van der Waals surface area contributed by atoms with Crippen LogP contribution in [0.3, 0.4) is 0 Å². The Kier molecular flexibility index (Phi) is 3.57. The molecule has 94 valence electrons. The molecule has 1 aromatic carbocycles. The molecular weight excluding hydrogens is 214 g/mol. The summed E-state index contributed by atoms with van der Waals surface area (Å²) in [6.45, 7) is 5.22. The van der Waals surface area contributed by atoms with Crippen LogP contribution in [0.25, 0.3) is 0 Å². The molecule has 0 amide bonds. The van der Waals surface area contributed by atoms with E-state index in [1.807, 2.05) is 6.07 Å². The Hall–Kier alpha value is -1.22. The lowest BCUT2D eigenvalue weighted by atomic mass is 9.95. The van der Waals surface area contributed by atoms with E-state index in [2.05, 4.69) is 19.2 Å². The number of methoxy groups -OCH3 is 1. The summed E-state index contributed by atoms with van der Waals surface area (Å²) in [5.74, 6) is 0.894. The first kappa shape index (κ1) is 12.2. The normalized spacial score (nSPS) is 19.6. The van der Waals surface area contributed by atoms with Gasteiger partial charge in [0.2, 0.25) is 0 Å². The van der Waals surface area contributed by atoms with Crippen molar-refractivity contribution in [2.75, 3.05) is 13.7 Å². The van der Waals surface area contributed by atoms with Crippen molar-refractivity contribution >= 4 is 0 Å².